The van der Waals surface area contributed by atoms with Gasteiger partial charge in [-0.25, -0.2) is 0 Å². The van der Waals surface area contributed by atoms with Crippen molar-refractivity contribution in [3.05, 3.63) is 23.5 Å². The molecule has 2 aliphatic carbocycles. The standard InChI is InChI=1S/C12H15NO/c1-2-9-5-10(8-13)7-12(6-9)14-11-3-4-11/h6-7,9,11H,2-5H2,1H3. The minimum Gasteiger partial charge on any atom is -0.491 e. The Kier molecular flexibility index (Phi) is 2.58. The van der Waals surface area contributed by atoms with Crippen molar-refractivity contribution in [2.75, 3.05) is 0 Å². The fourth-order valence-corrected chi connectivity index (χ4v) is 1.64. The summed E-state index contributed by atoms with van der Waals surface area (Å²) in [7, 11) is 0. The van der Waals surface area contributed by atoms with Crippen LogP contribution in [0, 0.1) is 17.2 Å². The van der Waals surface area contributed by atoms with E-state index in [2.05, 4.69) is 19.1 Å². The van der Waals surface area contributed by atoms with Crippen LogP contribution in [-0.4, -0.2) is 6.10 Å². The molecule has 0 aromatic heterocycles. The normalized spacial score (nSPS) is 26.1. The molecule has 2 aliphatic rings. The monoisotopic (exact) mass is 189 g/mol. The van der Waals surface area contributed by atoms with Gasteiger partial charge in [-0.05, 0) is 43.8 Å². The molecule has 2 nitrogen and oxygen atoms in total. The third-order valence-electron chi connectivity index (χ3n) is 2.69. The Morgan fingerprint density at radius 3 is 2.93 bits per heavy atom. The molecule has 0 aliphatic heterocycles. The summed E-state index contributed by atoms with van der Waals surface area (Å²) < 4.78 is 5.70. The number of allylic oxidation sites excluding steroid dienone is 3. The van der Waals surface area contributed by atoms with Gasteiger partial charge in [-0.3, -0.25) is 0 Å². The number of hydrogen-bond donors (Lipinski definition) is 0. The lowest BCUT2D eigenvalue weighted by Gasteiger charge is -2.17. The highest BCUT2D eigenvalue weighted by molar-refractivity contribution is 5.34. The first-order valence-electron chi connectivity index (χ1n) is 5.31. The SMILES string of the molecule is CCC1C=C(OC2CC2)C=C(C#N)C1. The quantitative estimate of drug-likeness (QED) is 0.683. The van der Waals surface area contributed by atoms with Gasteiger partial charge in [-0.15, -0.1) is 0 Å². The van der Waals surface area contributed by atoms with Crippen molar-refractivity contribution in [3.8, 4) is 6.07 Å². The van der Waals surface area contributed by atoms with Gasteiger partial charge in [0.05, 0.1) is 12.2 Å². The molecule has 14 heavy (non-hydrogen) atoms. The molecule has 0 saturated heterocycles. The molecule has 2 rings (SSSR count). The Morgan fingerprint density at radius 1 is 1.57 bits per heavy atom. The van der Waals surface area contributed by atoms with E-state index < -0.39 is 0 Å². The van der Waals surface area contributed by atoms with E-state index in [9.17, 15) is 0 Å². The molecule has 1 unspecified atom stereocenters. The summed E-state index contributed by atoms with van der Waals surface area (Å²) in [5, 5.41) is 8.87. The Morgan fingerprint density at radius 2 is 2.36 bits per heavy atom. The first-order chi connectivity index (χ1) is 6.81. The molecule has 74 valence electrons. The molecule has 0 bridgehead atoms. The van der Waals surface area contributed by atoms with Crippen molar-refractivity contribution in [3.63, 3.8) is 0 Å². The third-order valence-corrected chi connectivity index (χ3v) is 2.69. The van der Waals surface area contributed by atoms with Crippen LogP contribution < -0.4 is 0 Å². The number of nitriles is 1. The van der Waals surface area contributed by atoms with E-state index in [1.54, 1.807) is 0 Å². The molecule has 0 N–H and O–H groups in total. The largest absolute Gasteiger partial charge is 0.491 e. The van der Waals surface area contributed by atoms with Crippen molar-refractivity contribution in [1.82, 2.24) is 0 Å². The molecule has 2 heteroatoms. The third kappa shape index (κ3) is 2.17. The lowest BCUT2D eigenvalue weighted by molar-refractivity contribution is 0.204. The first-order valence-corrected chi connectivity index (χ1v) is 5.31. The molecule has 0 heterocycles. The maximum Gasteiger partial charge on any atom is 0.117 e. The van der Waals surface area contributed by atoms with Crippen molar-refractivity contribution in [2.24, 2.45) is 5.92 Å². The molecule has 0 radical (unpaired) electrons. The Labute approximate surface area is 84.9 Å². The Hall–Kier alpha value is -1.23. The molecular weight excluding hydrogens is 174 g/mol. The molecule has 1 fully saturated rings. The fourth-order valence-electron chi connectivity index (χ4n) is 1.64. The predicted octanol–water partition coefficient (Wildman–Crippen LogP) is 2.93. The zero-order chi connectivity index (χ0) is 9.97. The van der Waals surface area contributed by atoms with Gasteiger partial charge in [0.1, 0.15) is 5.76 Å². The van der Waals surface area contributed by atoms with E-state index in [1.807, 2.05) is 6.08 Å². The van der Waals surface area contributed by atoms with Gasteiger partial charge in [-0.1, -0.05) is 6.92 Å². The Balaban J connectivity index is 2.07. The van der Waals surface area contributed by atoms with E-state index in [0.29, 0.717) is 12.0 Å². The summed E-state index contributed by atoms with van der Waals surface area (Å²) in [5.74, 6) is 1.41. The van der Waals surface area contributed by atoms with Crippen LogP contribution in [0.25, 0.3) is 0 Å². The number of ether oxygens (including phenoxy) is 1. The minimum absolute atomic E-state index is 0.424. The molecule has 0 amide bonds. The minimum atomic E-state index is 0.424. The van der Waals surface area contributed by atoms with Crippen molar-refractivity contribution >= 4 is 0 Å². The highest BCUT2D eigenvalue weighted by Gasteiger charge is 2.25. The smallest absolute Gasteiger partial charge is 0.117 e. The second kappa shape index (κ2) is 3.88. The van der Waals surface area contributed by atoms with E-state index in [0.717, 1.165) is 24.2 Å². The van der Waals surface area contributed by atoms with Crippen LogP contribution in [0.2, 0.25) is 0 Å². The summed E-state index contributed by atoms with van der Waals surface area (Å²) in [6.07, 6.45) is 8.78. The topological polar surface area (TPSA) is 33.0 Å². The summed E-state index contributed by atoms with van der Waals surface area (Å²) in [5.41, 5.74) is 0.856. The van der Waals surface area contributed by atoms with E-state index in [1.165, 1.54) is 12.8 Å². The van der Waals surface area contributed by atoms with Gasteiger partial charge >= 0.3 is 0 Å². The first kappa shape index (κ1) is 9.33. The summed E-state index contributed by atoms with van der Waals surface area (Å²) in [6, 6.07) is 2.23. The molecule has 0 aromatic carbocycles. The average molecular weight is 189 g/mol. The Bertz CT molecular complexity index is 318. The summed E-state index contributed by atoms with van der Waals surface area (Å²) >= 11 is 0. The van der Waals surface area contributed by atoms with Crippen LogP contribution in [-0.2, 0) is 4.74 Å². The number of hydrogen-bond acceptors (Lipinski definition) is 2. The molecule has 1 saturated carbocycles. The van der Waals surface area contributed by atoms with Gasteiger partial charge in [0.15, 0.2) is 0 Å². The van der Waals surface area contributed by atoms with E-state index in [4.69, 9.17) is 10.00 Å². The number of nitrogens with zero attached hydrogens (tertiary/aromatic N) is 1. The molecule has 1 atom stereocenters. The average Bonchev–Trinajstić information content (AvgIpc) is 3.01. The fraction of sp³-hybridized carbons (Fsp3) is 0.583. The molecule has 0 spiro atoms. The van der Waals surface area contributed by atoms with Crippen LogP contribution in [0.1, 0.15) is 32.6 Å². The zero-order valence-corrected chi connectivity index (χ0v) is 8.49. The van der Waals surface area contributed by atoms with Crippen LogP contribution in [0.3, 0.4) is 0 Å². The number of rotatable bonds is 3. The van der Waals surface area contributed by atoms with E-state index >= 15 is 0 Å². The summed E-state index contributed by atoms with van der Waals surface area (Å²) in [4.78, 5) is 0. The second-order valence-corrected chi connectivity index (χ2v) is 4.04. The van der Waals surface area contributed by atoms with E-state index in [-0.39, 0.29) is 0 Å². The maximum atomic E-state index is 8.87. The lowest BCUT2D eigenvalue weighted by atomic mass is 9.92. The van der Waals surface area contributed by atoms with Gasteiger partial charge < -0.3 is 4.74 Å². The predicted molar refractivity (Wildman–Crippen MR) is 54.3 cm³/mol. The van der Waals surface area contributed by atoms with Gasteiger partial charge in [0.2, 0.25) is 0 Å². The molecule has 0 aromatic rings. The lowest BCUT2D eigenvalue weighted by Crippen LogP contribution is -2.06. The highest BCUT2D eigenvalue weighted by atomic mass is 16.5. The van der Waals surface area contributed by atoms with Crippen LogP contribution in [0.5, 0.6) is 0 Å². The zero-order valence-electron chi connectivity index (χ0n) is 8.49. The second-order valence-electron chi connectivity index (χ2n) is 4.04. The van der Waals surface area contributed by atoms with Gasteiger partial charge in [-0.2, -0.15) is 5.26 Å². The van der Waals surface area contributed by atoms with Gasteiger partial charge in [0.25, 0.3) is 0 Å². The van der Waals surface area contributed by atoms with Crippen molar-refractivity contribution in [1.29, 1.82) is 5.26 Å². The van der Waals surface area contributed by atoms with Gasteiger partial charge in [0, 0.05) is 5.57 Å². The van der Waals surface area contributed by atoms with Crippen LogP contribution >= 0.6 is 0 Å². The van der Waals surface area contributed by atoms with Crippen molar-refractivity contribution in [2.45, 2.75) is 38.7 Å². The van der Waals surface area contributed by atoms with Crippen molar-refractivity contribution < 1.29 is 4.74 Å². The van der Waals surface area contributed by atoms with Crippen LogP contribution in [0.15, 0.2) is 23.5 Å². The highest BCUT2D eigenvalue weighted by Crippen LogP contribution is 2.31. The summed E-state index contributed by atoms with van der Waals surface area (Å²) in [6.45, 7) is 2.15. The molecular formula is C12H15NO. The maximum absolute atomic E-state index is 8.87. The van der Waals surface area contributed by atoms with Crippen LogP contribution in [0.4, 0.5) is 0 Å².